The number of carboxylic acid groups (broad SMARTS) is 1. The molecule has 0 aromatic heterocycles. The molecule has 2 rings (SSSR count). The fraction of sp³-hybridized carbons (Fsp3) is 0.467. The van der Waals surface area contributed by atoms with Gasteiger partial charge in [0, 0.05) is 18.4 Å². The van der Waals surface area contributed by atoms with Crippen molar-refractivity contribution in [3.05, 3.63) is 23.8 Å². The molecule has 1 aliphatic rings. The molecule has 0 bridgehead atoms. The van der Waals surface area contributed by atoms with Gasteiger partial charge in [-0.05, 0) is 31.0 Å². The van der Waals surface area contributed by atoms with Gasteiger partial charge in [0.25, 0.3) is 0 Å². The van der Waals surface area contributed by atoms with Crippen molar-refractivity contribution in [1.29, 1.82) is 0 Å². The average Bonchev–Trinajstić information content (AvgIpc) is 2.45. The van der Waals surface area contributed by atoms with Gasteiger partial charge in [-0.1, -0.05) is 6.92 Å². The van der Waals surface area contributed by atoms with Crippen molar-refractivity contribution in [3.8, 4) is 5.75 Å². The van der Waals surface area contributed by atoms with Crippen molar-refractivity contribution in [3.63, 3.8) is 0 Å². The molecule has 5 heteroatoms. The lowest BCUT2D eigenvalue weighted by Gasteiger charge is -2.26. The number of Topliss-reactive ketones (excluding diaryl/α,β-unsaturated/α-hetero) is 1. The summed E-state index contributed by atoms with van der Waals surface area (Å²) in [6.45, 7) is 2.80. The Morgan fingerprint density at radius 3 is 2.90 bits per heavy atom. The maximum Gasteiger partial charge on any atom is 0.303 e. The molecule has 1 aromatic carbocycles. The summed E-state index contributed by atoms with van der Waals surface area (Å²) in [5, 5.41) is 11.8. The quantitative estimate of drug-likeness (QED) is 0.782. The summed E-state index contributed by atoms with van der Waals surface area (Å²) in [6.07, 6.45) is 1.74. The number of ether oxygens (including phenoxy) is 1. The van der Waals surface area contributed by atoms with E-state index in [9.17, 15) is 9.59 Å². The summed E-state index contributed by atoms with van der Waals surface area (Å²) in [4.78, 5) is 22.4. The number of rotatable bonds is 6. The van der Waals surface area contributed by atoms with E-state index in [0.29, 0.717) is 12.0 Å². The van der Waals surface area contributed by atoms with E-state index in [4.69, 9.17) is 9.84 Å². The molecule has 1 aliphatic heterocycles. The molecule has 1 unspecified atom stereocenters. The van der Waals surface area contributed by atoms with E-state index in [1.165, 1.54) is 0 Å². The molecule has 1 heterocycles. The molecule has 0 saturated carbocycles. The third kappa shape index (κ3) is 3.50. The van der Waals surface area contributed by atoms with E-state index in [0.717, 1.165) is 24.4 Å². The number of hydrogen-bond acceptors (Lipinski definition) is 4. The molecule has 1 atom stereocenters. The predicted octanol–water partition coefficient (Wildman–Crippen LogP) is 2.71. The first-order chi connectivity index (χ1) is 9.60. The summed E-state index contributed by atoms with van der Waals surface area (Å²) < 4.78 is 5.78. The summed E-state index contributed by atoms with van der Waals surface area (Å²) in [5.74, 6) is -0.137. The van der Waals surface area contributed by atoms with Crippen molar-refractivity contribution in [2.75, 3.05) is 11.9 Å². The first-order valence-electron chi connectivity index (χ1n) is 6.89. The van der Waals surface area contributed by atoms with Gasteiger partial charge >= 0.3 is 5.97 Å². The van der Waals surface area contributed by atoms with Gasteiger partial charge in [-0.3, -0.25) is 9.59 Å². The van der Waals surface area contributed by atoms with E-state index >= 15 is 0 Å². The minimum absolute atomic E-state index is 0.0240. The Morgan fingerprint density at radius 1 is 1.40 bits per heavy atom. The second-order valence-corrected chi connectivity index (χ2v) is 4.91. The first kappa shape index (κ1) is 14.4. The van der Waals surface area contributed by atoms with Crippen LogP contribution in [0.15, 0.2) is 18.2 Å². The van der Waals surface area contributed by atoms with Gasteiger partial charge in [-0.15, -0.1) is 0 Å². The van der Waals surface area contributed by atoms with Crippen molar-refractivity contribution >= 4 is 17.4 Å². The number of nitrogens with one attached hydrogen (secondary N) is 1. The molecule has 0 aliphatic carbocycles. The fourth-order valence-corrected chi connectivity index (χ4v) is 2.16. The summed E-state index contributed by atoms with van der Waals surface area (Å²) in [7, 11) is 0. The number of anilines is 1. The summed E-state index contributed by atoms with van der Waals surface area (Å²) >= 11 is 0. The van der Waals surface area contributed by atoms with Crippen LogP contribution in [0.3, 0.4) is 0 Å². The number of fused-ring (bicyclic) bond motifs is 1. The second kappa shape index (κ2) is 6.41. The topological polar surface area (TPSA) is 75.6 Å². The van der Waals surface area contributed by atoms with Crippen molar-refractivity contribution in [1.82, 2.24) is 0 Å². The third-order valence-corrected chi connectivity index (χ3v) is 3.37. The van der Waals surface area contributed by atoms with Crippen LogP contribution in [-0.4, -0.2) is 29.5 Å². The van der Waals surface area contributed by atoms with Gasteiger partial charge in [0.1, 0.15) is 11.9 Å². The number of benzene rings is 1. The van der Waals surface area contributed by atoms with Crippen molar-refractivity contribution in [2.24, 2.45) is 0 Å². The molecule has 0 amide bonds. The molecule has 2 N–H and O–H groups in total. The van der Waals surface area contributed by atoms with Crippen LogP contribution in [-0.2, 0) is 4.79 Å². The Morgan fingerprint density at radius 2 is 2.20 bits per heavy atom. The molecule has 108 valence electrons. The highest BCUT2D eigenvalue weighted by molar-refractivity contribution is 5.97. The lowest BCUT2D eigenvalue weighted by molar-refractivity contribution is -0.137. The van der Waals surface area contributed by atoms with Gasteiger partial charge in [-0.2, -0.15) is 0 Å². The average molecular weight is 277 g/mol. The molecule has 0 saturated heterocycles. The van der Waals surface area contributed by atoms with Gasteiger partial charge in [0.05, 0.1) is 12.2 Å². The number of hydrogen-bond donors (Lipinski definition) is 2. The van der Waals surface area contributed by atoms with Crippen LogP contribution in [0.25, 0.3) is 0 Å². The van der Waals surface area contributed by atoms with Crippen LogP contribution >= 0.6 is 0 Å². The molecular weight excluding hydrogens is 258 g/mol. The van der Waals surface area contributed by atoms with Gasteiger partial charge < -0.3 is 15.2 Å². The van der Waals surface area contributed by atoms with E-state index in [2.05, 4.69) is 12.2 Å². The SMILES string of the molecule is CCC1CNc2cc(C(=O)CCCC(=O)O)ccc2O1. The van der Waals surface area contributed by atoms with Crippen LogP contribution in [0.2, 0.25) is 0 Å². The maximum absolute atomic E-state index is 12.0. The zero-order valence-corrected chi connectivity index (χ0v) is 11.5. The standard InChI is InChI=1S/C15H19NO4/c1-2-11-9-16-12-8-10(6-7-14(12)20-11)13(17)4-3-5-15(18)19/h6-8,11,16H,2-5,9H2,1H3,(H,18,19). The zero-order valence-electron chi connectivity index (χ0n) is 11.5. The highest BCUT2D eigenvalue weighted by Crippen LogP contribution is 2.31. The number of ketones is 1. The number of carboxylic acids is 1. The molecular formula is C15H19NO4. The highest BCUT2D eigenvalue weighted by atomic mass is 16.5. The van der Waals surface area contributed by atoms with Crippen molar-refractivity contribution < 1.29 is 19.4 Å². The van der Waals surface area contributed by atoms with Gasteiger partial charge in [-0.25, -0.2) is 0 Å². The Kier molecular flexibility index (Phi) is 4.61. The van der Waals surface area contributed by atoms with E-state index in [-0.39, 0.29) is 24.7 Å². The Balaban J connectivity index is 2.00. The summed E-state index contributed by atoms with van der Waals surface area (Å²) in [6, 6.07) is 5.32. The fourth-order valence-electron chi connectivity index (χ4n) is 2.16. The van der Waals surface area contributed by atoms with Crippen LogP contribution in [0.4, 0.5) is 5.69 Å². The number of carbonyl (C=O) groups excluding carboxylic acids is 1. The smallest absolute Gasteiger partial charge is 0.303 e. The Labute approximate surface area is 117 Å². The zero-order chi connectivity index (χ0) is 14.5. The monoisotopic (exact) mass is 277 g/mol. The van der Waals surface area contributed by atoms with Crippen LogP contribution in [0.5, 0.6) is 5.75 Å². The Hall–Kier alpha value is -2.04. The second-order valence-electron chi connectivity index (χ2n) is 4.91. The van der Waals surface area contributed by atoms with Gasteiger partial charge in [0.2, 0.25) is 0 Å². The molecule has 0 radical (unpaired) electrons. The van der Waals surface area contributed by atoms with E-state index < -0.39 is 5.97 Å². The van der Waals surface area contributed by atoms with Gasteiger partial charge in [0.15, 0.2) is 5.78 Å². The first-order valence-corrected chi connectivity index (χ1v) is 6.89. The minimum atomic E-state index is -0.871. The van der Waals surface area contributed by atoms with Crippen LogP contribution in [0, 0.1) is 0 Å². The van der Waals surface area contributed by atoms with Crippen LogP contribution in [0.1, 0.15) is 43.0 Å². The lowest BCUT2D eigenvalue weighted by atomic mass is 10.0. The summed E-state index contributed by atoms with van der Waals surface area (Å²) in [5.41, 5.74) is 1.43. The third-order valence-electron chi connectivity index (χ3n) is 3.37. The molecule has 20 heavy (non-hydrogen) atoms. The maximum atomic E-state index is 12.0. The van der Waals surface area contributed by atoms with Crippen molar-refractivity contribution in [2.45, 2.75) is 38.7 Å². The normalized spacial score (nSPS) is 16.8. The molecule has 0 fully saturated rings. The van der Waals surface area contributed by atoms with E-state index in [1.54, 1.807) is 18.2 Å². The lowest BCUT2D eigenvalue weighted by Crippen LogP contribution is -2.30. The van der Waals surface area contributed by atoms with Crippen LogP contribution < -0.4 is 10.1 Å². The number of carbonyl (C=O) groups is 2. The largest absolute Gasteiger partial charge is 0.486 e. The number of aliphatic carboxylic acids is 1. The minimum Gasteiger partial charge on any atom is -0.486 e. The Bertz CT molecular complexity index is 513. The molecule has 1 aromatic rings. The molecule has 0 spiro atoms. The highest BCUT2D eigenvalue weighted by Gasteiger charge is 2.19. The predicted molar refractivity (Wildman–Crippen MR) is 75.5 cm³/mol. The molecule has 5 nitrogen and oxygen atoms in total. The van der Waals surface area contributed by atoms with E-state index in [1.807, 2.05) is 0 Å².